The number of rotatable bonds is 8. The Morgan fingerprint density at radius 2 is 1.86 bits per heavy atom. The van der Waals surface area contributed by atoms with Gasteiger partial charge >= 0.3 is 0 Å². The van der Waals surface area contributed by atoms with Gasteiger partial charge in [0.2, 0.25) is 15.9 Å². The summed E-state index contributed by atoms with van der Waals surface area (Å²) in [5, 5.41) is 2.66. The van der Waals surface area contributed by atoms with E-state index in [1.54, 1.807) is 30.3 Å². The normalized spacial score (nSPS) is 15.7. The molecule has 0 bridgehead atoms. The lowest BCUT2D eigenvalue weighted by molar-refractivity contribution is -0.116. The van der Waals surface area contributed by atoms with Crippen molar-refractivity contribution in [1.29, 1.82) is 0 Å². The van der Waals surface area contributed by atoms with Crippen molar-refractivity contribution in [3.63, 3.8) is 0 Å². The van der Waals surface area contributed by atoms with Crippen LogP contribution in [0.25, 0.3) is 6.08 Å². The number of carbonyl (C=O) groups is 1. The zero-order valence-corrected chi connectivity index (χ0v) is 16.8. The summed E-state index contributed by atoms with van der Waals surface area (Å²) in [5.74, 6) is -0.0427. The van der Waals surface area contributed by atoms with E-state index in [9.17, 15) is 17.6 Å². The molecule has 0 unspecified atom stereocenters. The van der Waals surface area contributed by atoms with E-state index in [1.165, 1.54) is 28.8 Å². The Morgan fingerprint density at radius 1 is 1.14 bits per heavy atom. The Hall–Kier alpha value is -2.65. The topological polar surface area (TPSA) is 82.9 Å². The highest BCUT2D eigenvalue weighted by Crippen LogP contribution is 2.18. The van der Waals surface area contributed by atoms with Gasteiger partial charge in [-0.3, -0.25) is 4.79 Å². The van der Waals surface area contributed by atoms with Crippen LogP contribution in [-0.4, -0.2) is 57.1 Å². The van der Waals surface area contributed by atoms with E-state index < -0.39 is 10.0 Å². The molecule has 1 aliphatic rings. The number of amides is 1. The van der Waals surface area contributed by atoms with Crippen LogP contribution in [0, 0.1) is 5.82 Å². The number of carbonyl (C=O) groups excluding carboxylic acids is 1. The van der Waals surface area contributed by atoms with Gasteiger partial charge in [-0.15, -0.1) is 0 Å². The maximum absolute atomic E-state index is 13.0. The molecule has 0 aliphatic carbocycles. The van der Waals surface area contributed by atoms with E-state index >= 15 is 0 Å². The minimum absolute atomic E-state index is 0.0221. The first-order valence-corrected chi connectivity index (χ1v) is 11.0. The van der Waals surface area contributed by atoms with Crippen molar-refractivity contribution in [3.8, 4) is 0 Å². The minimum atomic E-state index is -3.38. The fourth-order valence-corrected chi connectivity index (χ4v) is 4.56. The SMILES string of the molecule is O=C(C=Cc1ccco1)NCCCS(=O)(=O)N1CCN(c2ccc(F)cc2)CC1. The van der Waals surface area contributed by atoms with Gasteiger partial charge < -0.3 is 14.6 Å². The van der Waals surface area contributed by atoms with Gasteiger partial charge in [0.05, 0.1) is 12.0 Å². The molecule has 1 aliphatic heterocycles. The number of hydrogen-bond acceptors (Lipinski definition) is 5. The molecule has 1 N–H and O–H groups in total. The van der Waals surface area contributed by atoms with Gasteiger partial charge in [0.1, 0.15) is 11.6 Å². The second-order valence-electron chi connectivity index (χ2n) is 6.67. The molecule has 7 nitrogen and oxygen atoms in total. The Kier molecular flexibility index (Phi) is 7.05. The zero-order valence-electron chi connectivity index (χ0n) is 16.0. The van der Waals surface area contributed by atoms with Crippen molar-refractivity contribution in [2.45, 2.75) is 6.42 Å². The molecule has 1 aromatic heterocycles. The Morgan fingerprint density at radius 3 is 2.52 bits per heavy atom. The molecule has 1 aromatic carbocycles. The van der Waals surface area contributed by atoms with Crippen LogP contribution >= 0.6 is 0 Å². The maximum Gasteiger partial charge on any atom is 0.244 e. The fraction of sp³-hybridized carbons (Fsp3) is 0.350. The summed E-state index contributed by atoms with van der Waals surface area (Å²) in [6.45, 7) is 2.16. The van der Waals surface area contributed by atoms with E-state index in [4.69, 9.17) is 4.42 Å². The molecular formula is C20H24FN3O4S. The lowest BCUT2D eigenvalue weighted by Gasteiger charge is -2.35. The van der Waals surface area contributed by atoms with Gasteiger partial charge in [-0.25, -0.2) is 12.8 Å². The van der Waals surface area contributed by atoms with Crippen LogP contribution in [0.3, 0.4) is 0 Å². The molecule has 29 heavy (non-hydrogen) atoms. The predicted octanol–water partition coefficient (Wildman–Crippen LogP) is 2.09. The predicted molar refractivity (Wildman–Crippen MR) is 109 cm³/mol. The molecule has 1 fully saturated rings. The smallest absolute Gasteiger partial charge is 0.244 e. The summed E-state index contributed by atoms with van der Waals surface area (Å²) in [5.41, 5.74) is 0.883. The fourth-order valence-electron chi connectivity index (χ4n) is 3.07. The zero-order chi connectivity index (χ0) is 20.7. The van der Waals surface area contributed by atoms with Gasteiger partial charge in [0.15, 0.2) is 0 Å². The van der Waals surface area contributed by atoms with Gasteiger partial charge in [0.25, 0.3) is 0 Å². The van der Waals surface area contributed by atoms with Crippen molar-refractivity contribution in [3.05, 3.63) is 60.3 Å². The molecule has 0 spiro atoms. The van der Waals surface area contributed by atoms with E-state index in [0.29, 0.717) is 38.4 Å². The van der Waals surface area contributed by atoms with Gasteiger partial charge in [0, 0.05) is 44.5 Å². The highest BCUT2D eigenvalue weighted by Gasteiger charge is 2.26. The van der Waals surface area contributed by atoms with Gasteiger partial charge in [-0.05, 0) is 48.9 Å². The second-order valence-corrected chi connectivity index (χ2v) is 8.76. The molecule has 3 rings (SSSR count). The Bertz CT molecular complexity index is 919. The summed E-state index contributed by atoms with van der Waals surface area (Å²) >= 11 is 0. The van der Waals surface area contributed by atoms with Crippen LogP contribution in [0.2, 0.25) is 0 Å². The summed E-state index contributed by atoms with van der Waals surface area (Å²) in [6, 6.07) is 9.65. The molecule has 1 amide bonds. The van der Waals surface area contributed by atoms with E-state index in [0.717, 1.165) is 5.69 Å². The number of hydrogen-bond donors (Lipinski definition) is 1. The minimum Gasteiger partial charge on any atom is -0.465 e. The first kappa shape index (κ1) is 21.1. The molecule has 2 aromatic rings. The van der Waals surface area contributed by atoms with Crippen molar-refractivity contribution < 1.29 is 22.0 Å². The molecule has 2 heterocycles. The number of nitrogens with one attached hydrogen (secondary N) is 1. The molecule has 0 atom stereocenters. The Balaban J connectivity index is 1.38. The first-order chi connectivity index (χ1) is 13.9. The highest BCUT2D eigenvalue weighted by molar-refractivity contribution is 7.89. The third kappa shape index (κ3) is 6.16. The number of nitrogens with zero attached hydrogens (tertiary/aromatic N) is 2. The molecular weight excluding hydrogens is 397 g/mol. The average molecular weight is 421 g/mol. The largest absolute Gasteiger partial charge is 0.465 e. The third-order valence-electron chi connectivity index (χ3n) is 4.64. The van der Waals surface area contributed by atoms with E-state index in [-0.39, 0.29) is 24.0 Å². The standard InChI is InChI=1S/C20H24FN3O4S/c21-17-4-6-18(7-5-17)23-11-13-24(14-12-23)29(26,27)16-2-10-22-20(25)9-8-19-3-1-15-28-19/h1,3-9,15H,2,10-14,16H2,(H,22,25). The lowest BCUT2D eigenvalue weighted by atomic mass is 10.2. The van der Waals surface area contributed by atoms with Crippen molar-refractivity contribution in [1.82, 2.24) is 9.62 Å². The van der Waals surface area contributed by atoms with E-state index in [2.05, 4.69) is 5.32 Å². The monoisotopic (exact) mass is 421 g/mol. The van der Waals surface area contributed by atoms with Crippen LogP contribution in [-0.2, 0) is 14.8 Å². The number of anilines is 1. The molecule has 9 heteroatoms. The third-order valence-corrected chi connectivity index (χ3v) is 6.60. The van der Waals surface area contributed by atoms with Crippen molar-refractivity contribution in [2.24, 2.45) is 0 Å². The number of piperazine rings is 1. The number of sulfonamides is 1. The summed E-state index contributed by atoms with van der Waals surface area (Å²) in [4.78, 5) is 13.8. The quantitative estimate of drug-likeness (QED) is 0.521. The van der Waals surface area contributed by atoms with Crippen molar-refractivity contribution >= 4 is 27.7 Å². The molecule has 1 saturated heterocycles. The van der Waals surface area contributed by atoms with Crippen molar-refractivity contribution in [2.75, 3.05) is 43.4 Å². The van der Waals surface area contributed by atoms with Crippen LogP contribution in [0.15, 0.2) is 53.2 Å². The van der Waals surface area contributed by atoms with Gasteiger partial charge in [-0.1, -0.05) is 0 Å². The first-order valence-electron chi connectivity index (χ1n) is 9.42. The van der Waals surface area contributed by atoms with E-state index in [1.807, 2.05) is 4.90 Å². The summed E-state index contributed by atoms with van der Waals surface area (Å²) < 4.78 is 44.6. The summed E-state index contributed by atoms with van der Waals surface area (Å²) in [6.07, 6.45) is 4.75. The second kappa shape index (κ2) is 9.71. The van der Waals surface area contributed by atoms with Crippen LogP contribution in [0.4, 0.5) is 10.1 Å². The number of benzene rings is 1. The van der Waals surface area contributed by atoms with Gasteiger partial charge in [-0.2, -0.15) is 4.31 Å². The number of furan rings is 1. The van der Waals surface area contributed by atoms with Crippen LogP contribution < -0.4 is 10.2 Å². The maximum atomic E-state index is 13.0. The molecule has 156 valence electrons. The molecule has 0 saturated carbocycles. The summed E-state index contributed by atoms with van der Waals surface area (Å²) in [7, 11) is -3.38. The highest BCUT2D eigenvalue weighted by atomic mass is 32.2. The molecule has 0 radical (unpaired) electrons. The van der Waals surface area contributed by atoms with Crippen LogP contribution in [0.1, 0.15) is 12.2 Å². The Labute approximate surface area is 169 Å². The average Bonchev–Trinajstić information content (AvgIpc) is 3.24. The van der Waals surface area contributed by atoms with Crippen LogP contribution in [0.5, 0.6) is 0 Å². The lowest BCUT2D eigenvalue weighted by Crippen LogP contribution is -2.49. The number of halogens is 1.